The minimum atomic E-state index is 0.477. The summed E-state index contributed by atoms with van der Waals surface area (Å²) in [6.07, 6.45) is 8.79. The Balaban J connectivity index is 1.41. The highest BCUT2D eigenvalue weighted by Gasteiger charge is 2.09. The number of nitrogens with zero attached hydrogens (tertiary/aromatic N) is 5. The van der Waals surface area contributed by atoms with E-state index in [9.17, 15) is 0 Å². The molecule has 0 saturated carbocycles. The van der Waals surface area contributed by atoms with Gasteiger partial charge in [-0.2, -0.15) is 4.98 Å². The summed E-state index contributed by atoms with van der Waals surface area (Å²) in [5.74, 6) is 1.86. The molecule has 7 heteroatoms. The van der Waals surface area contributed by atoms with Crippen molar-refractivity contribution < 1.29 is 9.26 Å². The van der Waals surface area contributed by atoms with Crippen molar-refractivity contribution in [2.75, 3.05) is 0 Å². The lowest BCUT2D eigenvalue weighted by atomic mass is 10.2. The first-order chi connectivity index (χ1) is 12.4. The van der Waals surface area contributed by atoms with Crippen molar-refractivity contribution >= 4 is 0 Å². The molecule has 4 aromatic rings. The fourth-order valence-electron chi connectivity index (χ4n) is 2.32. The maximum Gasteiger partial charge on any atom is 0.246 e. The Morgan fingerprint density at radius 3 is 2.72 bits per heavy atom. The van der Waals surface area contributed by atoms with Crippen molar-refractivity contribution in [3.8, 4) is 17.1 Å². The first-order valence-corrected chi connectivity index (χ1v) is 7.77. The average Bonchev–Trinajstić information content (AvgIpc) is 3.34. The van der Waals surface area contributed by atoms with Crippen LogP contribution in [0.2, 0.25) is 0 Å². The quantitative estimate of drug-likeness (QED) is 0.540. The van der Waals surface area contributed by atoms with Crippen molar-refractivity contribution in [2.24, 2.45) is 0 Å². The summed E-state index contributed by atoms with van der Waals surface area (Å²) in [4.78, 5) is 12.5. The van der Waals surface area contributed by atoms with Crippen LogP contribution in [-0.2, 0) is 13.2 Å². The summed E-state index contributed by atoms with van der Waals surface area (Å²) in [5, 5.41) is 4.02. The summed E-state index contributed by atoms with van der Waals surface area (Å²) in [7, 11) is 0. The zero-order valence-corrected chi connectivity index (χ0v) is 13.3. The lowest BCUT2D eigenvalue weighted by Crippen LogP contribution is -1.96. The third kappa shape index (κ3) is 3.72. The summed E-state index contributed by atoms with van der Waals surface area (Å²) >= 11 is 0. The van der Waals surface area contributed by atoms with Crippen LogP contribution >= 0.6 is 0 Å². The van der Waals surface area contributed by atoms with Crippen LogP contribution in [0.3, 0.4) is 0 Å². The summed E-state index contributed by atoms with van der Waals surface area (Å²) in [6, 6.07) is 11.5. The summed E-state index contributed by atoms with van der Waals surface area (Å²) in [5.41, 5.74) is 1.89. The molecule has 0 unspecified atom stereocenters. The van der Waals surface area contributed by atoms with E-state index in [4.69, 9.17) is 9.26 Å². The number of aromatic nitrogens is 5. The number of benzene rings is 1. The van der Waals surface area contributed by atoms with E-state index in [1.807, 2.05) is 47.2 Å². The molecule has 124 valence electrons. The maximum absolute atomic E-state index is 5.74. The van der Waals surface area contributed by atoms with E-state index in [0.717, 1.165) is 16.9 Å². The van der Waals surface area contributed by atoms with Crippen molar-refractivity contribution in [2.45, 2.75) is 13.2 Å². The standard InChI is InChI=1S/C18H15N5O2/c1-2-14(10-19-7-1)12-24-16-5-3-15(4-6-16)18-21-17(25-22-18)11-23-9-8-20-13-23/h1-10,13H,11-12H2. The minimum absolute atomic E-state index is 0.477. The van der Waals surface area contributed by atoms with Crippen LogP contribution in [0.25, 0.3) is 11.4 Å². The Labute approximate surface area is 143 Å². The van der Waals surface area contributed by atoms with Gasteiger partial charge in [-0.1, -0.05) is 11.2 Å². The predicted molar refractivity (Wildman–Crippen MR) is 89.6 cm³/mol. The number of ether oxygens (including phenoxy) is 1. The van der Waals surface area contributed by atoms with Crippen molar-refractivity contribution in [1.82, 2.24) is 24.7 Å². The van der Waals surface area contributed by atoms with Crippen LogP contribution in [0, 0.1) is 0 Å². The molecular weight excluding hydrogens is 318 g/mol. The van der Waals surface area contributed by atoms with Crippen LogP contribution in [0.4, 0.5) is 0 Å². The molecule has 0 spiro atoms. The molecule has 0 fully saturated rings. The van der Waals surface area contributed by atoms with E-state index >= 15 is 0 Å². The van der Waals surface area contributed by atoms with Crippen LogP contribution in [0.15, 0.2) is 72.0 Å². The summed E-state index contributed by atoms with van der Waals surface area (Å²) < 4.78 is 12.9. The number of imidazole rings is 1. The van der Waals surface area contributed by atoms with Gasteiger partial charge in [0.25, 0.3) is 0 Å². The molecule has 0 radical (unpaired) electrons. The monoisotopic (exact) mass is 333 g/mol. The molecule has 3 aromatic heterocycles. The molecule has 0 bridgehead atoms. The van der Waals surface area contributed by atoms with E-state index in [0.29, 0.717) is 24.9 Å². The highest BCUT2D eigenvalue weighted by atomic mass is 16.5. The zero-order chi connectivity index (χ0) is 16.9. The topological polar surface area (TPSA) is 78.9 Å². The number of rotatable bonds is 6. The molecule has 4 rings (SSSR count). The molecule has 1 aromatic carbocycles. The van der Waals surface area contributed by atoms with Crippen LogP contribution in [0.1, 0.15) is 11.5 Å². The molecule has 0 aliphatic heterocycles. The first kappa shape index (κ1) is 15.1. The van der Waals surface area contributed by atoms with Crippen molar-refractivity contribution in [3.05, 3.63) is 79.0 Å². The van der Waals surface area contributed by atoms with Gasteiger partial charge in [0.05, 0.1) is 6.33 Å². The molecule has 0 N–H and O–H groups in total. The summed E-state index contributed by atoms with van der Waals surface area (Å²) in [6.45, 7) is 0.976. The molecule has 0 aliphatic carbocycles. The second kappa shape index (κ2) is 6.96. The predicted octanol–water partition coefficient (Wildman–Crippen LogP) is 2.96. The SMILES string of the molecule is c1cncc(COc2ccc(-c3noc(Cn4ccnc4)n3)cc2)c1. The van der Waals surface area contributed by atoms with Gasteiger partial charge in [0.15, 0.2) is 0 Å². The van der Waals surface area contributed by atoms with Crippen molar-refractivity contribution in [3.63, 3.8) is 0 Å². The number of hydrogen-bond donors (Lipinski definition) is 0. The van der Waals surface area contributed by atoms with Gasteiger partial charge in [-0.15, -0.1) is 0 Å². The minimum Gasteiger partial charge on any atom is -0.489 e. The van der Waals surface area contributed by atoms with Crippen LogP contribution in [0.5, 0.6) is 5.75 Å². The Morgan fingerprint density at radius 1 is 1.04 bits per heavy atom. The van der Waals surface area contributed by atoms with Gasteiger partial charge in [0.2, 0.25) is 11.7 Å². The first-order valence-electron chi connectivity index (χ1n) is 7.77. The van der Waals surface area contributed by atoms with E-state index in [-0.39, 0.29) is 0 Å². The molecule has 0 amide bonds. The largest absolute Gasteiger partial charge is 0.489 e. The second-order valence-electron chi connectivity index (χ2n) is 5.42. The Bertz CT molecular complexity index is 918. The van der Waals surface area contributed by atoms with Gasteiger partial charge in [0.1, 0.15) is 18.9 Å². The molecule has 0 aliphatic rings. The van der Waals surface area contributed by atoms with E-state index in [1.165, 1.54) is 0 Å². The molecule has 0 atom stereocenters. The Hall–Kier alpha value is -3.48. The lowest BCUT2D eigenvalue weighted by molar-refractivity contribution is 0.306. The third-order valence-corrected chi connectivity index (χ3v) is 3.59. The Morgan fingerprint density at radius 2 is 1.96 bits per heavy atom. The van der Waals surface area contributed by atoms with Gasteiger partial charge in [0, 0.05) is 35.9 Å². The van der Waals surface area contributed by atoms with Gasteiger partial charge < -0.3 is 13.8 Å². The number of hydrogen-bond acceptors (Lipinski definition) is 6. The van der Waals surface area contributed by atoms with E-state index < -0.39 is 0 Å². The highest BCUT2D eigenvalue weighted by Crippen LogP contribution is 2.21. The Kier molecular flexibility index (Phi) is 4.20. The fraction of sp³-hybridized carbons (Fsp3) is 0.111. The average molecular weight is 333 g/mol. The lowest BCUT2D eigenvalue weighted by Gasteiger charge is -2.06. The van der Waals surface area contributed by atoms with Gasteiger partial charge in [-0.05, 0) is 30.3 Å². The maximum atomic E-state index is 5.74. The van der Waals surface area contributed by atoms with Gasteiger partial charge >= 0.3 is 0 Å². The van der Waals surface area contributed by atoms with Crippen LogP contribution in [-0.4, -0.2) is 24.7 Å². The van der Waals surface area contributed by atoms with E-state index in [2.05, 4.69) is 20.1 Å². The van der Waals surface area contributed by atoms with Crippen LogP contribution < -0.4 is 4.74 Å². The second-order valence-corrected chi connectivity index (χ2v) is 5.42. The fourth-order valence-corrected chi connectivity index (χ4v) is 2.32. The smallest absolute Gasteiger partial charge is 0.246 e. The highest BCUT2D eigenvalue weighted by molar-refractivity contribution is 5.55. The molecule has 3 heterocycles. The normalized spacial score (nSPS) is 10.7. The van der Waals surface area contributed by atoms with Gasteiger partial charge in [-0.25, -0.2) is 4.98 Å². The van der Waals surface area contributed by atoms with E-state index in [1.54, 1.807) is 24.9 Å². The number of pyridine rings is 1. The molecule has 25 heavy (non-hydrogen) atoms. The third-order valence-electron chi connectivity index (χ3n) is 3.59. The molecule has 0 saturated heterocycles. The van der Waals surface area contributed by atoms with Crippen molar-refractivity contribution in [1.29, 1.82) is 0 Å². The van der Waals surface area contributed by atoms with Gasteiger partial charge in [-0.3, -0.25) is 4.98 Å². The molecular formula is C18H15N5O2. The zero-order valence-electron chi connectivity index (χ0n) is 13.3. The molecule has 7 nitrogen and oxygen atoms in total.